The Morgan fingerprint density at radius 1 is 0.733 bits per heavy atom. The quantitative estimate of drug-likeness (QED) is 0.616. The van der Waals surface area contributed by atoms with Gasteiger partial charge in [0.2, 0.25) is 5.91 Å². The zero-order chi connectivity index (χ0) is 20.8. The van der Waals surface area contributed by atoms with Crippen LogP contribution in [0.3, 0.4) is 0 Å². The third-order valence-electron chi connectivity index (χ3n) is 5.93. The Balaban J connectivity index is 1.60. The van der Waals surface area contributed by atoms with Crippen molar-refractivity contribution in [2.24, 2.45) is 5.92 Å². The zero-order valence-electron chi connectivity index (χ0n) is 16.9. The molecule has 3 aromatic rings. The van der Waals surface area contributed by atoms with Gasteiger partial charge in [-0.05, 0) is 49.2 Å². The summed E-state index contributed by atoms with van der Waals surface area (Å²) in [6.07, 6.45) is -0.844. The molecule has 0 bridgehead atoms. The number of carbonyl (C=O) groups is 2. The minimum atomic E-state index is -0.844. The van der Waals surface area contributed by atoms with E-state index in [0.717, 1.165) is 22.4 Å². The van der Waals surface area contributed by atoms with Crippen molar-refractivity contribution in [3.8, 4) is 0 Å². The average molecular weight is 398 g/mol. The van der Waals surface area contributed by atoms with Crippen LogP contribution >= 0.6 is 0 Å². The highest BCUT2D eigenvalue weighted by molar-refractivity contribution is 6.23. The number of imide groups is 1. The first-order chi connectivity index (χ1) is 14.6. The normalized spacial score (nSPS) is 23.2. The number of amides is 2. The Morgan fingerprint density at radius 3 is 2.10 bits per heavy atom. The van der Waals surface area contributed by atoms with E-state index in [1.807, 2.05) is 92.7 Å². The average Bonchev–Trinajstić information content (AvgIpc) is 3.26. The van der Waals surface area contributed by atoms with Gasteiger partial charge in [-0.2, -0.15) is 0 Å². The molecule has 5 rings (SSSR count). The Kier molecular flexibility index (Phi) is 4.40. The molecule has 2 aliphatic heterocycles. The van der Waals surface area contributed by atoms with Crippen LogP contribution < -0.4 is 9.96 Å². The molecule has 2 saturated heterocycles. The maximum Gasteiger partial charge on any atom is 0.266 e. The lowest BCUT2D eigenvalue weighted by molar-refractivity contribution is -0.126. The fourth-order valence-corrected chi connectivity index (χ4v) is 4.40. The Labute approximate surface area is 175 Å². The van der Waals surface area contributed by atoms with Gasteiger partial charge in [-0.3, -0.25) is 14.4 Å². The molecule has 3 atom stereocenters. The first kappa shape index (κ1) is 18.6. The van der Waals surface area contributed by atoms with Crippen LogP contribution in [0.4, 0.5) is 11.4 Å². The number of hydroxylamine groups is 1. The van der Waals surface area contributed by atoms with Crippen LogP contribution in [-0.2, 0) is 14.4 Å². The van der Waals surface area contributed by atoms with Crippen molar-refractivity contribution >= 4 is 23.2 Å². The number of para-hydroxylation sites is 1. The Hall–Kier alpha value is -3.44. The van der Waals surface area contributed by atoms with Crippen LogP contribution in [0, 0.1) is 19.8 Å². The SMILES string of the molecule is Cc1ccc(N2C(=O)[C@@H]3[C@H](ON(c4ccccc4)[C@@H]3c3ccccc3C)C2=O)cc1. The maximum atomic E-state index is 13.6. The number of anilines is 2. The lowest BCUT2D eigenvalue weighted by atomic mass is 9.88. The van der Waals surface area contributed by atoms with Crippen LogP contribution in [0.5, 0.6) is 0 Å². The molecule has 5 nitrogen and oxygen atoms in total. The first-order valence-corrected chi connectivity index (χ1v) is 10.1. The minimum absolute atomic E-state index is 0.222. The van der Waals surface area contributed by atoms with E-state index >= 15 is 0 Å². The molecule has 2 amide bonds. The molecular formula is C25H22N2O3. The van der Waals surface area contributed by atoms with Crippen molar-refractivity contribution in [3.63, 3.8) is 0 Å². The number of hydrogen-bond acceptors (Lipinski definition) is 4. The molecule has 0 radical (unpaired) electrons. The van der Waals surface area contributed by atoms with Crippen LogP contribution in [0.2, 0.25) is 0 Å². The minimum Gasteiger partial charge on any atom is -0.273 e. The molecule has 0 unspecified atom stereocenters. The number of nitrogens with zero attached hydrogens (tertiary/aromatic N) is 2. The van der Waals surface area contributed by atoms with E-state index in [9.17, 15) is 9.59 Å². The van der Waals surface area contributed by atoms with Gasteiger partial charge in [0.1, 0.15) is 5.92 Å². The molecule has 5 heteroatoms. The number of fused-ring (bicyclic) bond motifs is 1. The molecule has 2 heterocycles. The second-order valence-corrected chi connectivity index (χ2v) is 7.86. The summed E-state index contributed by atoms with van der Waals surface area (Å²) in [4.78, 5) is 34.3. The third kappa shape index (κ3) is 2.82. The smallest absolute Gasteiger partial charge is 0.266 e. The van der Waals surface area contributed by atoms with Gasteiger partial charge in [0.05, 0.1) is 17.4 Å². The van der Waals surface area contributed by atoms with E-state index in [2.05, 4.69) is 0 Å². The number of aryl methyl sites for hydroxylation is 2. The van der Waals surface area contributed by atoms with Crippen LogP contribution in [0.15, 0.2) is 78.9 Å². The fourth-order valence-electron chi connectivity index (χ4n) is 4.40. The van der Waals surface area contributed by atoms with Gasteiger partial charge in [0.25, 0.3) is 5.91 Å². The van der Waals surface area contributed by atoms with Crippen LogP contribution in [-0.4, -0.2) is 17.9 Å². The highest BCUT2D eigenvalue weighted by Crippen LogP contribution is 2.48. The predicted molar refractivity (Wildman–Crippen MR) is 115 cm³/mol. The van der Waals surface area contributed by atoms with E-state index in [1.54, 1.807) is 5.06 Å². The summed E-state index contributed by atoms with van der Waals surface area (Å²) in [5.74, 6) is -1.15. The molecule has 30 heavy (non-hydrogen) atoms. The summed E-state index contributed by atoms with van der Waals surface area (Å²) >= 11 is 0. The first-order valence-electron chi connectivity index (χ1n) is 10.1. The van der Waals surface area contributed by atoms with Gasteiger partial charge in [0.15, 0.2) is 6.10 Å². The van der Waals surface area contributed by atoms with E-state index in [1.165, 1.54) is 4.90 Å². The molecule has 150 valence electrons. The van der Waals surface area contributed by atoms with Gasteiger partial charge in [-0.15, -0.1) is 0 Å². The van der Waals surface area contributed by atoms with Crippen molar-refractivity contribution in [1.82, 2.24) is 0 Å². The lowest BCUT2D eigenvalue weighted by Crippen LogP contribution is -2.37. The zero-order valence-corrected chi connectivity index (χ0v) is 16.9. The van der Waals surface area contributed by atoms with Crippen LogP contribution in [0.1, 0.15) is 22.7 Å². The molecule has 0 N–H and O–H groups in total. The van der Waals surface area contributed by atoms with Crippen molar-refractivity contribution < 1.29 is 14.4 Å². The molecule has 2 aliphatic rings. The maximum absolute atomic E-state index is 13.6. The summed E-state index contributed by atoms with van der Waals surface area (Å²) in [5.41, 5.74) is 4.52. The molecular weight excluding hydrogens is 376 g/mol. The van der Waals surface area contributed by atoms with Gasteiger partial charge in [0, 0.05) is 0 Å². The lowest BCUT2D eigenvalue weighted by Gasteiger charge is -2.29. The number of hydrogen-bond donors (Lipinski definition) is 0. The molecule has 0 aliphatic carbocycles. The number of carbonyl (C=O) groups excluding carboxylic acids is 2. The van der Waals surface area contributed by atoms with Crippen molar-refractivity contribution in [2.45, 2.75) is 26.0 Å². The summed E-state index contributed by atoms with van der Waals surface area (Å²) in [7, 11) is 0. The van der Waals surface area contributed by atoms with Gasteiger partial charge in [-0.1, -0.05) is 60.2 Å². The van der Waals surface area contributed by atoms with Gasteiger partial charge < -0.3 is 0 Å². The summed E-state index contributed by atoms with van der Waals surface area (Å²) in [6, 6.07) is 24.6. The van der Waals surface area contributed by atoms with Crippen molar-refractivity contribution in [3.05, 3.63) is 95.6 Å². The largest absolute Gasteiger partial charge is 0.273 e. The van der Waals surface area contributed by atoms with E-state index in [-0.39, 0.29) is 17.9 Å². The highest BCUT2D eigenvalue weighted by atomic mass is 16.7. The topological polar surface area (TPSA) is 49.9 Å². The standard InChI is InChI=1S/C25H22N2O3/c1-16-12-14-18(15-13-16)26-24(28)21-22(20-11-7-6-8-17(20)2)27(30-23(21)25(26)29)19-9-4-3-5-10-19/h3-15,21-23H,1-2H3/t21-,22+,23-/m0/s1. The third-order valence-corrected chi connectivity index (χ3v) is 5.93. The summed E-state index contributed by atoms with van der Waals surface area (Å²) in [5, 5.41) is 1.74. The van der Waals surface area contributed by atoms with Crippen molar-refractivity contribution in [2.75, 3.05) is 9.96 Å². The Morgan fingerprint density at radius 2 is 1.40 bits per heavy atom. The molecule has 0 saturated carbocycles. The monoisotopic (exact) mass is 398 g/mol. The van der Waals surface area contributed by atoms with E-state index < -0.39 is 12.0 Å². The number of rotatable bonds is 3. The predicted octanol–water partition coefficient (Wildman–Crippen LogP) is 4.35. The van der Waals surface area contributed by atoms with Gasteiger partial charge in [-0.25, -0.2) is 9.96 Å². The summed E-state index contributed by atoms with van der Waals surface area (Å²) in [6.45, 7) is 3.99. The van der Waals surface area contributed by atoms with E-state index in [0.29, 0.717) is 5.69 Å². The van der Waals surface area contributed by atoms with Crippen molar-refractivity contribution in [1.29, 1.82) is 0 Å². The fraction of sp³-hybridized carbons (Fsp3) is 0.200. The molecule has 3 aromatic carbocycles. The molecule has 0 spiro atoms. The molecule has 0 aromatic heterocycles. The van der Waals surface area contributed by atoms with Crippen LogP contribution in [0.25, 0.3) is 0 Å². The Bertz CT molecular complexity index is 1110. The second kappa shape index (κ2) is 7.11. The summed E-state index contributed by atoms with van der Waals surface area (Å²) < 4.78 is 0. The van der Waals surface area contributed by atoms with Gasteiger partial charge >= 0.3 is 0 Å². The highest BCUT2D eigenvalue weighted by Gasteiger charge is 2.60. The molecule has 2 fully saturated rings. The second-order valence-electron chi connectivity index (χ2n) is 7.86. The number of benzene rings is 3. The van der Waals surface area contributed by atoms with E-state index in [4.69, 9.17) is 4.84 Å².